The van der Waals surface area contributed by atoms with Gasteiger partial charge in [-0.05, 0) is 31.0 Å². The van der Waals surface area contributed by atoms with Crippen molar-refractivity contribution in [3.63, 3.8) is 0 Å². The van der Waals surface area contributed by atoms with Crippen LogP contribution < -0.4 is 10.6 Å². The molecule has 1 aromatic rings. The van der Waals surface area contributed by atoms with E-state index in [-0.39, 0.29) is 30.1 Å². The van der Waals surface area contributed by atoms with E-state index in [1.165, 1.54) is 12.8 Å². The van der Waals surface area contributed by atoms with Crippen molar-refractivity contribution in [1.29, 1.82) is 0 Å². The zero-order chi connectivity index (χ0) is 19.6. The molecule has 2 aliphatic rings. The number of amides is 3. The van der Waals surface area contributed by atoms with Crippen molar-refractivity contribution in [2.75, 3.05) is 17.2 Å². The van der Waals surface area contributed by atoms with Gasteiger partial charge in [0.05, 0.1) is 5.92 Å². The zero-order valence-corrected chi connectivity index (χ0v) is 16.4. The Morgan fingerprint density at radius 3 is 2.33 bits per heavy atom. The van der Waals surface area contributed by atoms with E-state index >= 15 is 0 Å². The molecule has 27 heavy (non-hydrogen) atoms. The number of nitrogens with one attached hydrogen (secondary N) is 2. The average molecular weight is 371 g/mol. The number of likely N-dealkylation sites (tertiary alicyclic amines) is 1. The molecule has 1 saturated heterocycles. The first-order valence-corrected chi connectivity index (χ1v) is 9.76. The van der Waals surface area contributed by atoms with Gasteiger partial charge in [-0.1, -0.05) is 39.7 Å². The molecule has 6 heteroatoms. The number of benzene rings is 1. The van der Waals surface area contributed by atoms with Crippen LogP contribution in [0.4, 0.5) is 11.4 Å². The van der Waals surface area contributed by atoms with Gasteiger partial charge >= 0.3 is 0 Å². The topological polar surface area (TPSA) is 78.5 Å². The number of nitrogens with zero attached hydrogens (tertiary/aromatic N) is 1. The van der Waals surface area contributed by atoms with Crippen molar-refractivity contribution in [2.45, 2.75) is 58.9 Å². The van der Waals surface area contributed by atoms with Crippen LogP contribution in [0.15, 0.2) is 24.3 Å². The molecule has 146 valence electrons. The van der Waals surface area contributed by atoms with Gasteiger partial charge < -0.3 is 15.5 Å². The van der Waals surface area contributed by atoms with E-state index in [1.54, 1.807) is 24.3 Å². The molecule has 1 atom stereocenters. The smallest absolute Gasteiger partial charge is 0.229 e. The number of anilines is 2. The molecule has 2 N–H and O–H groups in total. The molecule has 0 bridgehead atoms. The normalized spacial score (nSPS) is 20.8. The molecule has 0 spiro atoms. The Hall–Kier alpha value is -2.37. The fourth-order valence-corrected chi connectivity index (χ4v) is 3.71. The van der Waals surface area contributed by atoms with E-state index in [2.05, 4.69) is 10.6 Å². The third-order valence-electron chi connectivity index (χ3n) is 5.36. The summed E-state index contributed by atoms with van der Waals surface area (Å²) in [5, 5.41) is 5.76. The van der Waals surface area contributed by atoms with E-state index in [4.69, 9.17) is 0 Å². The monoisotopic (exact) mass is 371 g/mol. The summed E-state index contributed by atoms with van der Waals surface area (Å²) < 4.78 is 0. The van der Waals surface area contributed by atoms with E-state index in [0.717, 1.165) is 12.8 Å². The lowest BCUT2D eigenvalue weighted by molar-refractivity contribution is -0.130. The summed E-state index contributed by atoms with van der Waals surface area (Å²) in [5.74, 6) is -0.443. The van der Waals surface area contributed by atoms with Crippen LogP contribution in [-0.2, 0) is 14.4 Å². The molecule has 1 aliphatic carbocycles. The molecule has 1 aromatic carbocycles. The fraction of sp³-hybridized carbons (Fsp3) is 0.571. The summed E-state index contributed by atoms with van der Waals surface area (Å²) in [5.41, 5.74) is 0.772. The fourth-order valence-electron chi connectivity index (χ4n) is 3.71. The van der Waals surface area contributed by atoms with Crippen LogP contribution in [0.1, 0.15) is 52.9 Å². The minimum Gasteiger partial charge on any atom is -0.339 e. The average Bonchev–Trinajstić information content (AvgIpc) is 3.23. The Morgan fingerprint density at radius 2 is 1.70 bits per heavy atom. The van der Waals surface area contributed by atoms with Crippen molar-refractivity contribution in [2.24, 2.45) is 11.3 Å². The van der Waals surface area contributed by atoms with Gasteiger partial charge in [-0.2, -0.15) is 0 Å². The number of hydrogen-bond acceptors (Lipinski definition) is 3. The van der Waals surface area contributed by atoms with Crippen molar-refractivity contribution in [3.05, 3.63) is 24.3 Å². The third kappa shape index (κ3) is 4.67. The van der Waals surface area contributed by atoms with E-state index < -0.39 is 5.41 Å². The summed E-state index contributed by atoms with van der Waals surface area (Å²) >= 11 is 0. The highest BCUT2D eigenvalue weighted by Crippen LogP contribution is 2.30. The van der Waals surface area contributed by atoms with Crippen molar-refractivity contribution >= 4 is 29.1 Å². The Balaban J connectivity index is 1.60. The lowest BCUT2D eigenvalue weighted by Crippen LogP contribution is -2.35. The molecule has 0 radical (unpaired) electrons. The second-order valence-corrected chi connectivity index (χ2v) is 8.66. The Bertz CT molecular complexity index is 732. The molecule has 1 heterocycles. The van der Waals surface area contributed by atoms with Gasteiger partial charge in [0.25, 0.3) is 0 Å². The standard InChI is InChI=1S/C21H29N3O3/c1-21(2,3)20(27)23-16-8-6-7-15(12-16)22-19(26)14-11-18(25)24(13-14)17-9-4-5-10-17/h6-8,12,14,17H,4-5,9-11,13H2,1-3H3,(H,22,26)(H,23,27). The highest BCUT2D eigenvalue weighted by molar-refractivity contribution is 5.98. The summed E-state index contributed by atoms with van der Waals surface area (Å²) in [6.07, 6.45) is 4.71. The lowest BCUT2D eigenvalue weighted by atomic mass is 9.95. The predicted molar refractivity (Wildman–Crippen MR) is 105 cm³/mol. The van der Waals surface area contributed by atoms with Crippen LogP contribution in [0.5, 0.6) is 0 Å². The molecule has 2 fully saturated rings. The minimum absolute atomic E-state index is 0.0837. The first-order valence-electron chi connectivity index (χ1n) is 9.76. The molecule has 1 unspecified atom stereocenters. The lowest BCUT2D eigenvalue weighted by Gasteiger charge is -2.23. The predicted octanol–water partition coefficient (Wildman–Crippen LogP) is 3.40. The number of carbonyl (C=O) groups excluding carboxylic acids is 3. The van der Waals surface area contributed by atoms with Gasteiger partial charge in [-0.15, -0.1) is 0 Å². The van der Waals surface area contributed by atoms with Crippen LogP contribution in [0.3, 0.4) is 0 Å². The van der Waals surface area contributed by atoms with E-state index in [0.29, 0.717) is 24.0 Å². The quantitative estimate of drug-likeness (QED) is 0.851. The summed E-state index contributed by atoms with van der Waals surface area (Å²) in [7, 11) is 0. The number of carbonyl (C=O) groups is 3. The number of hydrogen-bond donors (Lipinski definition) is 2. The Kier molecular flexibility index (Phi) is 5.53. The van der Waals surface area contributed by atoms with Crippen molar-refractivity contribution in [3.8, 4) is 0 Å². The third-order valence-corrected chi connectivity index (χ3v) is 5.36. The highest BCUT2D eigenvalue weighted by atomic mass is 16.2. The molecule has 0 aromatic heterocycles. The molecule has 1 saturated carbocycles. The van der Waals surface area contributed by atoms with Gasteiger partial charge in [-0.3, -0.25) is 14.4 Å². The molecule has 1 aliphatic heterocycles. The van der Waals surface area contributed by atoms with Crippen molar-refractivity contribution < 1.29 is 14.4 Å². The summed E-state index contributed by atoms with van der Waals surface area (Å²) in [6, 6.07) is 7.42. The zero-order valence-electron chi connectivity index (χ0n) is 16.4. The molecule has 3 amide bonds. The molecular formula is C21H29N3O3. The number of rotatable bonds is 4. The Morgan fingerprint density at radius 1 is 1.07 bits per heavy atom. The van der Waals surface area contributed by atoms with Crippen LogP contribution in [0, 0.1) is 11.3 Å². The summed E-state index contributed by atoms with van der Waals surface area (Å²) in [6.45, 7) is 6.05. The highest BCUT2D eigenvalue weighted by Gasteiger charge is 2.38. The largest absolute Gasteiger partial charge is 0.339 e. The van der Waals surface area contributed by atoms with E-state index in [1.807, 2.05) is 25.7 Å². The van der Waals surface area contributed by atoms with Crippen LogP contribution in [0.25, 0.3) is 0 Å². The maximum absolute atomic E-state index is 12.6. The van der Waals surface area contributed by atoms with Gasteiger partial charge in [0.1, 0.15) is 0 Å². The van der Waals surface area contributed by atoms with Gasteiger partial charge in [0, 0.05) is 35.8 Å². The van der Waals surface area contributed by atoms with Gasteiger partial charge in [-0.25, -0.2) is 0 Å². The van der Waals surface area contributed by atoms with E-state index in [9.17, 15) is 14.4 Å². The summed E-state index contributed by atoms with van der Waals surface area (Å²) in [4.78, 5) is 39.0. The first kappa shape index (κ1) is 19.4. The maximum Gasteiger partial charge on any atom is 0.229 e. The van der Waals surface area contributed by atoms with Crippen LogP contribution >= 0.6 is 0 Å². The molecule has 6 nitrogen and oxygen atoms in total. The Labute approximate surface area is 160 Å². The van der Waals surface area contributed by atoms with Gasteiger partial charge in [0.2, 0.25) is 17.7 Å². The second kappa shape index (κ2) is 7.71. The minimum atomic E-state index is -0.493. The van der Waals surface area contributed by atoms with Crippen LogP contribution in [0.2, 0.25) is 0 Å². The molecule has 3 rings (SSSR count). The molecular weight excluding hydrogens is 342 g/mol. The maximum atomic E-state index is 12.6. The van der Waals surface area contributed by atoms with Crippen LogP contribution in [-0.4, -0.2) is 35.2 Å². The SMILES string of the molecule is CC(C)(C)C(=O)Nc1cccc(NC(=O)C2CC(=O)N(C3CCCC3)C2)c1. The van der Waals surface area contributed by atoms with Gasteiger partial charge in [0.15, 0.2) is 0 Å². The second-order valence-electron chi connectivity index (χ2n) is 8.66. The van der Waals surface area contributed by atoms with Crippen molar-refractivity contribution in [1.82, 2.24) is 4.90 Å². The first-order chi connectivity index (χ1) is 12.7.